The predicted octanol–water partition coefficient (Wildman–Crippen LogP) is 1.91. The molecule has 2 aromatic rings. The van der Waals surface area contributed by atoms with Crippen molar-refractivity contribution < 1.29 is 8.42 Å². The molecule has 5 nitrogen and oxygen atoms in total. The van der Waals surface area contributed by atoms with E-state index >= 15 is 0 Å². The summed E-state index contributed by atoms with van der Waals surface area (Å²) >= 11 is 0. The molecule has 0 spiro atoms. The highest BCUT2D eigenvalue weighted by molar-refractivity contribution is 7.92. The summed E-state index contributed by atoms with van der Waals surface area (Å²) in [7, 11) is -1.63. The zero-order valence-electron chi connectivity index (χ0n) is 11.7. The Balaban J connectivity index is 2.11. The molecule has 2 N–H and O–H groups in total. The maximum Gasteiger partial charge on any atom is 0.264 e. The molecule has 3 rings (SSSR count). The number of hydrogen-bond acceptors (Lipinski definition) is 4. The number of fused-ring (bicyclic) bond motifs is 1. The van der Waals surface area contributed by atoms with E-state index in [-0.39, 0.29) is 4.90 Å². The maximum atomic E-state index is 12.9. The first-order valence-corrected chi connectivity index (χ1v) is 8.12. The smallest absolute Gasteiger partial charge is 0.264 e. The van der Waals surface area contributed by atoms with Crippen LogP contribution in [0.25, 0.3) is 0 Å². The average Bonchev–Trinajstić information content (AvgIpc) is 2.47. The normalized spacial score (nSPS) is 14.9. The van der Waals surface area contributed by atoms with Gasteiger partial charge in [-0.3, -0.25) is 4.31 Å². The summed E-state index contributed by atoms with van der Waals surface area (Å²) in [6.45, 7) is 1.07. The monoisotopic (exact) mass is 303 g/mol. The van der Waals surface area contributed by atoms with Crippen LogP contribution in [0.3, 0.4) is 0 Å². The van der Waals surface area contributed by atoms with Crippen molar-refractivity contribution in [1.29, 1.82) is 0 Å². The molecule has 0 fully saturated rings. The second-order valence-electron chi connectivity index (χ2n) is 5.06. The molecular weight excluding hydrogens is 286 g/mol. The molecule has 1 heterocycles. The van der Waals surface area contributed by atoms with E-state index in [0.717, 1.165) is 5.69 Å². The first-order chi connectivity index (χ1) is 10.00. The van der Waals surface area contributed by atoms with Crippen LogP contribution in [0.1, 0.15) is 0 Å². The zero-order valence-corrected chi connectivity index (χ0v) is 12.5. The summed E-state index contributed by atoms with van der Waals surface area (Å²) in [5.41, 5.74) is 7.77. The summed E-state index contributed by atoms with van der Waals surface area (Å²) in [4.78, 5) is 2.28. The van der Waals surface area contributed by atoms with Crippen molar-refractivity contribution in [3.05, 3.63) is 48.5 Å². The summed E-state index contributed by atoms with van der Waals surface area (Å²) in [5, 5.41) is 0. The Hall–Kier alpha value is -2.21. The third-order valence-corrected chi connectivity index (χ3v) is 5.46. The maximum absolute atomic E-state index is 12.9. The molecule has 0 atom stereocenters. The van der Waals surface area contributed by atoms with E-state index in [1.54, 1.807) is 18.2 Å². The summed E-state index contributed by atoms with van der Waals surface area (Å²) in [5.74, 6) is 0. The van der Waals surface area contributed by atoms with Crippen molar-refractivity contribution in [3.63, 3.8) is 0 Å². The van der Waals surface area contributed by atoms with Crippen molar-refractivity contribution in [2.24, 2.45) is 0 Å². The SMILES string of the molecule is CN1CCN(S(=O)(=O)c2cccc(N)c2)c2ccccc21. The van der Waals surface area contributed by atoms with Crippen molar-refractivity contribution in [1.82, 2.24) is 0 Å². The number of anilines is 3. The van der Waals surface area contributed by atoms with Gasteiger partial charge in [0.05, 0.1) is 22.8 Å². The van der Waals surface area contributed by atoms with Gasteiger partial charge in [-0.15, -0.1) is 0 Å². The number of para-hydroxylation sites is 2. The Morgan fingerprint density at radius 3 is 2.43 bits per heavy atom. The lowest BCUT2D eigenvalue weighted by Gasteiger charge is -2.36. The van der Waals surface area contributed by atoms with E-state index in [0.29, 0.717) is 24.5 Å². The summed E-state index contributed by atoms with van der Waals surface area (Å²) in [6, 6.07) is 13.9. The van der Waals surface area contributed by atoms with Crippen LogP contribution in [-0.4, -0.2) is 28.6 Å². The molecule has 2 aromatic carbocycles. The van der Waals surface area contributed by atoms with Crippen molar-refractivity contribution in [2.45, 2.75) is 4.90 Å². The van der Waals surface area contributed by atoms with Gasteiger partial charge in [-0.1, -0.05) is 18.2 Å². The molecule has 0 bridgehead atoms. The van der Waals surface area contributed by atoms with E-state index in [1.165, 1.54) is 10.4 Å². The molecule has 21 heavy (non-hydrogen) atoms. The van der Waals surface area contributed by atoms with Crippen molar-refractivity contribution in [3.8, 4) is 0 Å². The predicted molar refractivity (Wildman–Crippen MR) is 85.1 cm³/mol. The molecule has 1 aliphatic rings. The Labute approximate surface area is 124 Å². The second kappa shape index (κ2) is 4.96. The van der Waals surface area contributed by atoms with E-state index in [4.69, 9.17) is 5.73 Å². The summed E-state index contributed by atoms with van der Waals surface area (Å²) in [6.07, 6.45) is 0. The van der Waals surface area contributed by atoms with Gasteiger partial charge in [0.25, 0.3) is 10.0 Å². The average molecular weight is 303 g/mol. The molecule has 0 aromatic heterocycles. The Bertz CT molecular complexity index is 774. The van der Waals surface area contributed by atoms with E-state index in [2.05, 4.69) is 4.90 Å². The Morgan fingerprint density at radius 2 is 1.71 bits per heavy atom. The molecule has 0 unspecified atom stereocenters. The first kappa shape index (κ1) is 13.8. The largest absolute Gasteiger partial charge is 0.399 e. The highest BCUT2D eigenvalue weighted by Crippen LogP contribution is 2.35. The minimum absolute atomic E-state index is 0.224. The van der Waals surface area contributed by atoms with Crippen LogP contribution >= 0.6 is 0 Å². The molecule has 1 aliphatic heterocycles. The van der Waals surface area contributed by atoms with E-state index in [1.807, 2.05) is 31.3 Å². The number of rotatable bonds is 2. The lowest BCUT2D eigenvalue weighted by Crippen LogP contribution is -2.42. The third kappa shape index (κ3) is 2.31. The lowest BCUT2D eigenvalue weighted by molar-refractivity contribution is 0.589. The zero-order chi connectivity index (χ0) is 15.0. The number of sulfonamides is 1. The molecular formula is C15H17N3O2S. The molecule has 0 aliphatic carbocycles. The van der Waals surface area contributed by atoms with Gasteiger partial charge in [0.15, 0.2) is 0 Å². The van der Waals surface area contributed by atoms with Crippen LogP contribution in [0.2, 0.25) is 0 Å². The van der Waals surface area contributed by atoms with Crippen molar-refractivity contribution in [2.75, 3.05) is 35.1 Å². The standard InChI is InChI=1S/C15H17N3O2S/c1-17-9-10-18(15-8-3-2-7-14(15)17)21(19,20)13-6-4-5-12(16)11-13/h2-8,11H,9-10,16H2,1H3. The van der Waals surface area contributed by atoms with Gasteiger partial charge in [0.2, 0.25) is 0 Å². The van der Waals surface area contributed by atoms with Crippen LogP contribution in [0.15, 0.2) is 53.4 Å². The molecule has 0 radical (unpaired) electrons. The molecule has 110 valence electrons. The van der Waals surface area contributed by atoms with Crippen LogP contribution in [-0.2, 0) is 10.0 Å². The van der Waals surface area contributed by atoms with E-state index in [9.17, 15) is 8.42 Å². The second-order valence-corrected chi connectivity index (χ2v) is 6.92. The third-order valence-electron chi connectivity index (χ3n) is 3.65. The van der Waals surface area contributed by atoms with Gasteiger partial charge in [-0.05, 0) is 30.3 Å². The fourth-order valence-electron chi connectivity index (χ4n) is 2.53. The van der Waals surface area contributed by atoms with Crippen LogP contribution < -0.4 is 14.9 Å². The van der Waals surface area contributed by atoms with Crippen LogP contribution in [0.5, 0.6) is 0 Å². The number of likely N-dealkylation sites (N-methyl/N-ethyl adjacent to an activating group) is 1. The number of nitrogens with zero attached hydrogens (tertiary/aromatic N) is 2. The highest BCUT2D eigenvalue weighted by atomic mass is 32.2. The quantitative estimate of drug-likeness (QED) is 0.861. The number of nitrogens with two attached hydrogens (primary N) is 1. The van der Waals surface area contributed by atoms with Gasteiger partial charge in [0.1, 0.15) is 0 Å². The molecule has 0 saturated heterocycles. The fourth-order valence-corrected chi connectivity index (χ4v) is 4.06. The summed E-state index contributed by atoms with van der Waals surface area (Å²) < 4.78 is 27.2. The molecule has 0 amide bonds. The Morgan fingerprint density at radius 1 is 1.00 bits per heavy atom. The van der Waals surface area contributed by atoms with Gasteiger partial charge in [-0.2, -0.15) is 0 Å². The van der Waals surface area contributed by atoms with Gasteiger partial charge in [0, 0.05) is 19.3 Å². The molecule has 0 saturated carbocycles. The number of nitrogen functional groups attached to an aromatic ring is 1. The topological polar surface area (TPSA) is 66.6 Å². The van der Waals surface area contributed by atoms with Gasteiger partial charge < -0.3 is 10.6 Å². The fraction of sp³-hybridized carbons (Fsp3) is 0.200. The number of hydrogen-bond donors (Lipinski definition) is 1. The van der Waals surface area contributed by atoms with Crippen LogP contribution in [0, 0.1) is 0 Å². The van der Waals surface area contributed by atoms with Crippen molar-refractivity contribution >= 4 is 27.1 Å². The minimum Gasteiger partial charge on any atom is -0.399 e. The van der Waals surface area contributed by atoms with Crippen LogP contribution in [0.4, 0.5) is 17.1 Å². The Kier molecular flexibility index (Phi) is 3.25. The van der Waals surface area contributed by atoms with Gasteiger partial charge >= 0.3 is 0 Å². The lowest BCUT2D eigenvalue weighted by atomic mass is 10.2. The minimum atomic E-state index is -3.59. The molecule has 6 heteroatoms. The van der Waals surface area contributed by atoms with Gasteiger partial charge in [-0.25, -0.2) is 8.42 Å². The van der Waals surface area contributed by atoms with E-state index < -0.39 is 10.0 Å². The number of benzene rings is 2. The highest BCUT2D eigenvalue weighted by Gasteiger charge is 2.30. The first-order valence-electron chi connectivity index (χ1n) is 6.68.